The Morgan fingerprint density at radius 2 is 0.808 bits per heavy atom. The molecular formula is C47H81N13O18. The maximum atomic E-state index is 12.8. The maximum Gasteiger partial charge on any atom is 0.407 e. The van der Waals surface area contributed by atoms with Crippen LogP contribution in [0.3, 0.4) is 0 Å². The molecule has 12 amide bonds. The highest BCUT2D eigenvalue weighted by Crippen LogP contribution is 2.15. The highest BCUT2D eigenvalue weighted by atomic mass is 16.7. The molecule has 2 rings (SSSR count). The van der Waals surface area contributed by atoms with Crippen molar-refractivity contribution < 1.29 is 86.3 Å². The van der Waals surface area contributed by atoms with E-state index in [0.29, 0.717) is 56.5 Å². The second kappa shape index (κ2) is 36.5. The summed E-state index contributed by atoms with van der Waals surface area (Å²) >= 11 is 0. The lowest BCUT2D eigenvalue weighted by Gasteiger charge is -2.23. The summed E-state index contributed by atoms with van der Waals surface area (Å²) in [4.78, 5) is 179. The number of ether oxygens (including phenoxy) is 2. The molecular weight excluding hydrogens is 1030 g/mol. The molecule has 0 aromatic rings. The number of likely N-dealkylation sites (N-methyl/N-ethyl adjacent to an activating group) is 2. The predicted molar refractivity (Wildman–Crippen MR) is 273 cm³/mol. The van der Waals surface area contributed by atoms with Crippen molar-refractivity contribution in [2.75, 3.05) is 73.5 Å². The smallest absolute Gasteiger partial charge is 0.407 e. The van der Waals surface area contributed by atoms with Gasteiger partial charge in [0.15, 0.2) is 0 Å². The topological polar surface area (TPSA) is 439 Å². The van der Waals surface area contributed by atoms with Crippen LogP contribution in [0.4, 0.5) is 9.59 Å². The Morgan fingerprint density at radius 3 is 1.09 bits per heavy atom. The van der Waals surface area contributed by atoms with Gasteiger partial charge in [0.05, 0.1) is 12.1 Å². The van der Waals surface area contributed by atoms with Gasteiger partial charge in [-0.25, -0.2) is 19.2 Å². The van der Waals surface area contributed by atoms with Crippen LogP contribution in [-0.4, -0.2) is 200 Å². The molecule has 12 N–H and O–H groups in total. The minimum absolute atomic E-state index is 0.0352. The molecule has 31 heteroatoms. The van der Waals surface area contributed by atoms with Crippen molar-refractivity contribution in [1.82, 2.24) is 51.8 Å². The van der Waals surface area contributed by atoms with Gasteiger partial charge in [0.25, 0.3) is 23.6 Å². The molecule has 78 heavy (non-hydrogen) atoms. The van der Waals surface area contributed by atoms with Crippen LogP contribution in [0.2, 0.25) is 0 Å². The standard InChI is InChI=1S/C26H50N8O7.C20H26N4O11.CH5N/c1-26(2,3)41-25(40)33-15-12-22(37)34(16-20(35)31-13-8-6-10-18(29-4)23(27)38)17-21(36)32-14-9-7-11-19(30-5)24(28)39;1-20(2,3)33-19(32)21-9-8-12(25)22(10-17(30)34-23-13(26)4-5-14(23)27)11-18(31)35-24-15(28)6-7-16(24)29;1-2/h18-19,29-30H,6-17H2,1-5H3,(H2,27,38)(H2,28,39)(H,31,35)(H,32,36)(H,33,40);4-11H2,1-3H3,(H,21,32);2H2,1H3. The Morgan fingerprint density at radius 1 is 0.500 bits per heavy atom. The minimum atomic E-state index is -1.21. The van der Waals surface area contributed by atoms with Crippen LogP contribution in [0, 0.1) is 0 Å². The maximum absolute atomic E-state index is 12.8. The van der Waals surface area contributed by atoms with Gasteiger partial charge in [0.1, 0.15) is 37.4 Å². The fraction of sp³-hybridized carbons (Fsp3) is 0.702. The first-order valence-corrected chi connectivity index (χ1v) is 25.1. The van der Waals surface area contributed by atoms with E-state index in [9.17, 15) is 67.1 Å². The number of nitrogens with zero attached hydrogens (tertiary/aromatic N) is 4. The van der Waals surface area contributed by atoms with Gasteiger partial charge in [-0.1, -0.05) is 0 Å². The summed E-state index contributed by atoms with van der Waals surface area (Å²) < 4.78 is 10.2. The number of unbranched alkanes of at least 4 members (excludes halogenated alkanes) is 2. The van der Waals surface area contributed by atoms with E-state index in [2.05, 4.69) is 37.6 Å². The van der Waals surface area contributed by atoms with E-state index in [0.717, 1.165) is 4.90 Å². The number of alkyl carbamates (subject to hydrolysis) is 2. The van der Waals surface area contributed by atoms with Crippen molar-refractivity contribution in [2.45, 2.75) is 142 Å². The van der Waals surface area contributed by atoms with Crippen LogP contribution in [0.15, 0.2) is 0 Å². The summed E-state index contributed by atoms with van der Waals surface area (Å²) in [5, 5.41) is 16.4. The molecule has 2 aliphatic rings. The highest BCUT2D eigenvalue weighted by Gasteiger charge is 2.36. The Kier molecular flexibility index (Phi) is 33.0. The van der Waals surface area contributed by atoms with Crippen molar-refractivity contribution in [3.8, 4) is 0 Å². The van der Waals surface area contributed by atoms with Gasteiger partial charge >= 0.3 is 24.1 Å². The molecule has 2 saturated heterocycles. The molecule has 0 aromatic carbocycles. The Bertz CT molecular complexity index is 1970. The molecule has 31 nitrogen and oxygen atoms in total. The molecule has 0 spiro atoms. The number of amides is 12. The number of carbonyl (C=O) groups is 14. The Hall–Kier alpha value is -7.54. The number of nitrogens with one attached hydrogen (secondary N) is 6. The molecule has 0 saturated carbocycles. The molecule has 2 unspecified atom stereocenters. The molecule has 0 aromatic heterocycles. The van der Waals surface area contributed by atoms with E-state index in [1.165, 1.54) is 7.05 Å². The zero-order valence-electron chi connectivity index (χ0n) is 46.2. The molecule has 2 fully saturated rings. The summed E-state index contributed by atoms with van der Waals surface area (Å²) in [6, 6.07) is -0.890. The largest absolute Gasteiger partial charge is 0.444 e. The lowest BCUT2D eigenvalue weighted by Crippen LogP contribution is -2.47. The number of nitrogens with two attached hydrogens (primary N) is 3. The average Bonchev–Trinajstić information content (AvgIpc) is 3.82. The first-order chi connectivity index (χ1) is 36.5. The molecule has 442 valence electrons. The summed E-state index contributed by atoms with van der Waals surface area (Å²) in [5.41, 5.74) is 13.6. The van der Waals surface area contributed by atoms with E-state index < -0.39 is 120 Å². The number of carbonyl (C=O) groups excluding carboxylic acids is 14. The SMILES string of the molecule is CC(C)(C)OC(=O)NCCC(=O)N(CC(=O)ON1C(=O)CCC1=O)CC(=O)ON1C(=O)CCC1=O.CN.CNC(CCCCNC(=O)CN(CC(=O)NCCCCC(NC)C(N)=O)C(=O)CCNC(=O)OC(C)(C)C)C(N)=O. The molecule has 0 bridgehead atoms. The minimum Gasteiger partial charge on any atom is -0.444 e. The van der Waals surface area contributed by atoms with Crippen LogP contribution in [0.5, 0.6) is 0 Å². The second-order valence-electron chi connectivity index (χ2n) is 19.1. The van der Waals surface area contributed by atoms with Crippen LogP contribution in [-0.2, 0) is 76.7 Å². The van der Waals surface area contributed by atoms with E-state index >= 15 is 0 Å². The third-order valence-electron chi connectivity index (χ3n) is 10.3. The van der Waals surface area contributed by atoms with Crippen molar-refractivity contribution >= 4 is 83.2 Å². The molecule has 2 heterocycles. The van der Waals surface area contributed by atoms with Gasteiger partial charge in [-0.2, -0.15) is 0 Å². The van der Waals surface area contributed by atoms with Crippen LogP contribution in [0.25, 0.3) is 0 Å². The highest BCUT2D eigenvalue weighted by molar-refractivity contribution is 6.02. The number of hydrogen-bond donors (Lipinski definition) is 9. The van der Waals surface area contributed by atoms with Gasteiger partial charge in [-0.3, -0.25) is 47.9 Å². The lowest BCUT2D eigenvalue weighted by atomic mass is 10.1. The van der Waals surface area contributed by atoms with Crippen LogP contribution in [0.1, 0.15) is 119 Å². The van der Waals surface area contributed by atoms with Crippen molar-refractivity contribution in [2.24, 2.45) is 17.2 Å². The fourth-order valence-electron chi connectivity index (χ4n) is 6.56. The molecule has 0 aliphatic carbocycles. The van der Waals surface area contributed by atoms with Gasteiger partial charge in [-0.05, 0) is 101 Å². The summed E-state index contributed by atoms with van der Waals surface area (Å²) in [6.45, 7) is 8.00. The number of primary amides is 2. The Balaban J connectivity index is 0.00000149. The third-order valence-corrected chi connectivity index (χ3v) is 10.3. The number of hydroxylamine groups is 4. The molecule has 2 atom stereocenters. The van der Waals surface area contributed by atoms with E-state index in [4.69, 9.17) is 30.6 Å². The number of rotatable bonds is 30. The quantitative estimate of drug-likeness (QED) is 0.0255. The predicted octanol–water partition coefficient (Wildman–Crippen LogP) is -3.03. The van der Waals surface area contributed by atoms with Crippen molar-refractivity contribution in [3.63, 3.8) is 0 Å². The summed E-state index contributed by atoms with van der Waals surface area (Å²) in [7, 11) is 4.79. The van der Waals surface area contributed by atoms with Gasteiger partial charge in [-0.15, -0.1) is 10.1 Å². The number of hydrogen-bond acceptors (Lipinski definition) is 21. The summed E-state index contributed by atoms with van der Waals surface area (Å²) in [6.07, 6.45) is 0.939. The normalized spacial score (nSPS) is 13.8. The van der Waals surface area contributed by atoms with Crippen molar-refractivity contribution in [1.29, 1.82) is 0 Å². The average molecular weight is 1120 g/mol. The zero-order chi connectivity index (χ0) is 59.8. The van der Waals surface area contributed by atoms with Crippen molar-refractivity contribution in [3.05, 3.63) is 0 Å². The molecule has 0 radical (unpaired) electrons. The molecule has 2 aliphatic heterocycles. The number of imide groups is 2. The second-order valence-corrected chi connectivity index (χ2v) is 19.1. The van der Waals surface area contributed by atoms with Crippen LogP contribution >= 0.6 is 0 Å². The summed E-state index contributed by atoms with van der Waals surface area (Å²) in [5.74, 6) is -8.49. The lowest BCUT2D eigenvalue weighted by molar-refractivity contribution is -0.201. The third kappa shape index (κ3) is 30.9. The van der Waals surface area contributed by atoms with E-state index in [-0.39, 0.29) is 74.8 Å². The first kappa shape index (κ1) is 70.5. The Labute approximate surface area is 453 Å². The van der Waals surface area contributed by atoms with Gasteiger partial charge < -0.3 is 78.1 Å². The van der Waals surface area contributed by atoms with Gasteiger partial charge in [0.2, 0.25) is 35.4 Å². The van der Waals surface area contributed by atoms with Crippen LogP contribution < -0.4 is 49.1 Å². The van der Waals surface area contributed by atoms with E-state index in [1.54, 1.807) is 55.6 Å². The fourth-order valence-corrected chi connectivity index (χ4v) is 6.56. The zero-order valence-corrected chi connectivity index (χ0v) is 46.2. The first-order valence-electron chi connectivity index (χ1n) is 25.1. The monoisotopic (exact) mass is 1120 g/mol. The van der Waals surface area contributed by atoms with E-state index in [1.807, 2.05) is 0 Å². The van der Waals surface area contributed by atoms with Gasteiger partial charge in [0, 0.05) is 64.7 Å².